The number of carbonyl (C=O) groups is 1. The number of ether oxygens (including phenoxy) is 1. The molecular formula is C19H26BrN3O2. The van der Waals surface area contributed by atoms with Crippen LogP contribution in [0.25, 0.3) is 0 Å². The summed E-state index contributed by atoms with van der Waals surface area (Å²) in [5.41, 5.74) is 0.978. The van der Waals surface area contributed by atoms with Crippen molar-refractivity contribution in [1.82, 2.24) is 5.32 Å². The van der Waals surface area contributed by atoms with Crippen LogP contribution in [0.5, 0.6) is 0 Å². The van der Waals surface area contributed by atoms with E-state index in [4.69, 9.17) is 4.74 Å². The smallest absolute Gasteiger partial charge is 0.407 e. The van der Waals surface area contributed by atoms with Crippen LogP contribution in [0.4, 0.5) is 10.5 Å². The third-order valence-corrected chi connectivity index (χ3v) is 4.75. The van der Waals surface area contributed by atoms with Crippen molar-refractivity contribution in [3.05, 3.63) is 28.2 Å². The molecule has 1 amide bonds. The van der Waals surface area contributed by atoms with E-state index in [9.17, 15) is 10.1 Å². The molecule has 136 valence electrons. The molecule has 1 saturated carbocycles. The van der Waals surface area contributed by atoms with Gasteiger partial charge >= 0.3 is 6.09 Å². The number of amides is 1. The van der Waals surface area contributed by atoms with Gasteiger partial charge in [-0.3, -0.25) is 0 Å². The Balaban J connectivity index is 1.99. The number of nitrogens with one attached hydrogen (secondary N) is 2. The average molecular weight is 408 g/mol. The highest BCUT2D eigenvalue weighted by Crippen LogP contribution is 2.29. The van der Waals surface area contributed by atoms with Crippen molar-refractivity contribution in [3.63, 3.8) is 0 Å². The van der Waals surface area contributed by atoms with Gasteiger partial charge in [0.25, 0.3) is 0 Å². The topological polar surface area (TPSA) is 74.2 Å². The van der Waals surface area contributed by atoms with Crippen LogP contribution in [0, 0.1) is 17.2 Å². The van der Waals surface area contributed by atoms with E-state index in [2.05, 4.69) is 32.6 Å². The molecule has 5 nitrogen and oxygen atoms in total. The summed E-state index contributed by atoms with van der Waals surface area (Å²) >= 11 is 3.40. The van der Waals surface area contributed by atoms with Crippen molar-refractivity contribution in [2.75, 3.05) is 11.9 Å². The van der Waals surface area contributed by atoms with Crippen LogP contribution < -0.4 is 10.6 Å². The molecule has 0 radical (unpaired) electrons. The standard InChI is InChI=1S/C19H26BrN3O2/c1-19(2,3)25-18(24)22-12-13-6-4-5-7-16(13)23-17-9-8-15(20)10-14(17)11-21/h8-10,13,16,23H,4-7,12H2,1-3H3,(H,22,24). The van der Waals surface area contributed by atoms with Crippen molar-refractivity contribution in [1.29, 1.82) is 5.26 Å². The van der Waals surface area contributed by atoms with Crippen molar-refractivity contribution in [2.24, 2.45) is 5.92 Å². The zero-order chi connectivity index (χ0) is 18.4. The molecule has 0 aromatic heterocycles. The number of anilines is 1. The van der Waals surface area contributed by atoms with Gasteiger partial charge in [0.15, 0.2) is 0 Å². The summed E-state index contributed by atoms with van der Waals surface area (Å²) in [6.45, 7) is 6.14. The van der Waals surface area contributed by atoms with Gasteiger partial charge in [-0.25, -0.2) is 4.79 Å². The van der Waals surface area contributed by atoms with Crippen LogP contribution in [0.2, 0.25) is 0 Å². The Labute approximate surface area is 158 Å². The summed E-state index contributed by atoms with van der Waals surface area (Å²) in [5, 5.41) is 15.7. The minimum Gasteiger partial charge on any atom is -0.444 e. The predicted octanol–water partition coefficient (Wildman–Crippen LogP) is 4.82. The van der Waals surface area contributed by atoms with E-state index in [1.54, 1.807) is 0 Å². The van der Waals surface area contributed by atoms with Gasteiger partial charge in [0.05, 0.1) is 11.3 Å². The maximum atomic E-state index is 11.9. The summed E-state index contributed by atoms with van der Waals surface area (Å²) in [5.74, 6) is 0.316. The van der Waals surface area contributed by atoms with Gasteiger partial charge < -0.3 is 15.4 Å². The molecule has 2 unspecified atom stereocenters. The van der Waals surface area contributed by atoms with E-state index in [0.29, 0.717) is 18.0 Å². The van der Waals surface area contributed by atoms with E-state index in [0.717, 1.165) is 35.8 Å². The first-order valence-electron chi connectivity index (χ1n) is 8.71. The number of hydrogen-bond donors (Lipinski definition) is 2. The Morgan fingerprint density at radius 2 is 2.08 bits per heavy atom. The number of halogens is 1. The minimum absolute atomic E-state index is 0.233. The second-order valence-electron chi connectivity index (χ2n) is 7.48. The number of nitriles is 1. The maximum absolute atomic E-state index is 11.9. The number of hydrogen-bond acceptors (Lipinski definition) is 4. The van der Waals surface area contributed by atoms with Crippen LogP contribution >= 0.6 is 15.9 Å². The average Bonchev–Trinajstić information content (AvgIpc) is 2.54. The summed E-state index contributed by atoms with van der Waals surface area (Å²) < 4.78 is 6.20. The van der Waals surface area contributed by atoms with Gasteiger partial charge in [0.2, 0.25) is 0 Å². The van der Waals surface area contributed by atoms with E-state index in [1.807, 2.05) is 39.0 Å². The van der Waals surface area contributed by atoms with E-state index < -0.39 is 5.60 Å². The van der Waals surface area contributed by atoms with Crippen molar-refractivity contribution in [2.45, 2.75) is 58.1 Å². The Morgan fingerprint density at radius 3 is 2.76 bits per heavy atom. The first-order valence-corrected chi connectivity index (χ1v) is 9.51. The van der Waals surface area contributed by atoms with Gasteiger partial charge in [-0.1, -0.05) is 28.8 Å². The number of rotatable bonds is 4. The fourth-order valence-electron chi connectivity index (χ4n) is 3.11. The Bertz CT molecular complexity index is 649. The van der Waals surface area contributed by atoms with Gasteiger partial charge in [-0.05, 0) is 57.7 Å². The van der Waals surface area contributed by atoms with E-state index >= 15 is 0 Å². The lowest BCUT2D eigenvalue weighted by molar-refractivity contribution is 0.0514. The molecule has 0 saturated heterocycles. The van der Waals surface area contributed by atoms with Crippen LogP contribution in [0.1, 0.15) is 52.0 Å². The minimum atomic E-state index is -0.493. The lowest BCUT2D eigenvalue weighted by Crippen LogP contribution is -2.42. The van der Waals surface area contributed by atoms with Gasteiger partial charge in [-0.2, -0.15) is 5.26 Å². The molecular weight excluding hydrogens is 382 g/mol. The Morgan fingerprint density at radius 1 is 1.36 bits per heavy atom. The quantitative estimate of drug-likeness (QED) is 0.750. The Kier molecular flexibility index (Phi) is 6.71. The SMILES string of the molecule is CC(C)(C)OC(=O)NCC1CCCCC1Nc1ccc(Br)cc1C#N. The summed E-state index contributed by atoms with van der Waals surface area (Å²) in [7, 11) is 0. The molecule has 2 atom stereocenters. The zero-order valence-corrected chi connectivity index (χ0v) is 16.6. The summed E-state index contributed by atoms with van der Waals surface area (Å²) in [4.78, 5) is 11.9. The van der Waals surface area contributed by atoms with Gasteiger partial charge in [0.1, 0.15) is 11.7 Å². The highest BCUT2D eigenvalue weighted by Gasteiger charge is 2.27. The van der Waals surface area contributed by atoms with Gasteiger partial charge in [-0.15, -0.1) is 0 Å². The second kappa shape index (κ2) is 8.57. The fraction of sp³-hybridized carbons (Fsp3) is 0.579. The van der Waals surface area contributed by atoms with Crippen molar-refractivity contribution >= 4 is 27.7 Å². The Hall–Kier alpha value is -1.74. The number of carbonyl (C=O) groups excluding carboxylic acids is 1. The molecule has 1 aromatic carbocycles. The first-order chi connectivity index (χ1) is 11.8. The first kappa shape index (κ1) is 19.6. The molecule has 0 bridgehead atoms. The molecule has 1 aliphatic carbocycles. The van der Waals surface area contributed by atoms with Crippen LogP contribution in [-0.4, -0.2) is 24.3 Å². The largest absolute Gasteiger partial charge is 0.444 e. The number of benzene rings is 1. The molecule has 25 heavy (non-hydrogen) atoms. The van der Waals surface area contributed by atoms with Crippen LogP contribution in [0.3, 0.4) is 0 Å². The van der Waals surface area contributed by atoms with E-state index in [1.165, 1.54) is 0 Å². The molecule has 1 aliphatic rings. The second-order valence-corrected chi connectivity index (χ2v) is 8.40. The molecule has 1 aromatic rings. The third kappa shape index (κ3) is 6.24. The van der Waals surface area contributed by atoms with Crippen molar-refractivity contribution in [3.8, 4) is 6.07 Å². The van der Waals surface area contributed by atoms with Crippen molar-refractivity contribution < 1.29 is 9.53 Å². The molecule has 0 aliphatic heterocycles. The molecule has 1 fully saturated rings. The lowest BCUT2D eigenvalue weighted by Gasteiger charge is -2.33. The highest BCUT2D eigenvalue weighted by molar-refractivity contribution is 9.10. The summed E-state index contributed by atoms with van der Waals surface area (Å²) in [6, 6.07) is 8.14. The van der Waals surface area contributed by atoms with Gasteiger partial charge in [0, 0.05) is 17.1 Å². The molecule has 0 spiro atoms. The number of nitrogens with zero attached hydrogens (tertiary/aromatic N) is 1. The molecule has 2 rings (SSSR count). The number of alkyl carbamates (subject to hydrolysis) is 1. The third-order valence-electron chi connectivity index (χ3n) is 4.26. The normalized spacial score (nSPS) is 20.4. The molecule has 6 heteroatoms. The maximum Gasteiger partial charge on any atom is 0.407 e. The highest BCUT2D eigenvalue weighted by atomic mass is 79.9. The van der Waals surface area contributed by atoms with Crippen LogP contribution in [0.15, 0.2) is 22.7 Å². The van der Waals surface area contributed by atoms with E-state index in [-0.39, 0.29) is 12.1 Å². The summed E-state index contributed by atoms with van der Waals surface area (Å²) in [6.07, 6.45) is 4.01. The lowest BCUT2D eigenvalue weighted by atomic mass is 9.84. The monoisotopic (exact) mass is 407 g/mol. The zero-order valence-electron chi connectivity index (χ0n) is 15.1. The molecule has 0 heterocycles. The van der Waals surface area contributed by atoms with Crippen LogP contribution in [-0.2, 0) is 4.74 Å². The fourth-order valence-corrected chi connectivity index (χ4v) is 3.47. The molecule has 2 N–H and O–H groups in total. The predicted molar refractivity (Wildman–Crippen MR) is 102 cm³/mol.